The van der Waals surface area contributed by atoms with Crippen molar-refractivity contribution in [1.82, 2.24) is 19.9 Å². The summed E-state index contributed by atoms with van der Waals surface area (Å²) in [5, 5.41) is 4.28. The minimum Gasteiger partial charge on any atom is -0.370 e. The van der Waals surface area contributed by atoms with E-state index in [1.165, 1.54) is 0 Å². The van der Waals surface area contributed by atoms with Crippen LogP contribution in [0.25, 0.3) is 10.9 Å². The molecule has 7 heteroatoms. The van der Waals surface area contributed by atoms with Crippen molar-refractivity contribution in [1.29, 1.82) is 0 Å². The molecule has 3 heterocycles. The number of pyridine rings is 1. The molecule has 0 bridgehead atoms. The van der Waals surface area contributed by atoms with E-state index in [9.17, 15) is 4.79 Å². The Labute approximate surface area is 164 Å². The second kappa shape index (κ2) is 7.80. The minimum atomic E-state index is -0.0161. The molecule has 1 saturated heterocycles. The number of piperazine rings is 1. The van der Waals surface area contributed by atoms with Crippen LogP contribution in [-0.2, 0) is 0 Å². The van der Waals surface area contributed by atoms with Crippen molar-refractivity contribution < 1.29 is 4.79 Å². The molecule has 1 aliphatic rings. The van der Waals surface area contributed by atoms with Crippen LogP contribution < -0.4 is 10.2 Å². The van der Waals surface area contributed by atoms with Gasteiger partial charge in [0.2, 0.25) is 0 Å². The summed E-state index contributed by atoms with van der Waals surface area (Å²) in [5.41, 5.74) is 1.35. The Morgan fingerprint density at radius 2 is 1.82 bits per heavy atom. The van der Waals surface area contributed by atoms with Crippen molar-refractivity contribution in [2.75, 3.05) is 42.9 Å². The number of benzene rings is 1. The van der Waals surface area contributed by atoms with E-state index >= 15 is 0 Å². The Morgan fingerprint density at radius 3 is 2.61 bits per heavy atom. The van der Waals surface area contributed by atoms with Crippen molar-refractivity contribution in [2.45, 2.75) is 13.8 Å². The molecule has 0 atom stereocenters. The Balaban J connectivity index is 1.45. The van der Waals surface area contributed by atoms with Crippen LogP contribution in [0.5, 0.6) is 0 Å². The number of rotatable bonds is 4. The van der Waals surface area contributed by atoms with E-state index in [-0.39, 0.29) is 5.91 Å². The zero-order chi connectivity index (χ0) is 19.5. The number of carbonyl (C=O) groups is 1. The van der Waals surface area contributed by atoms with Gasteiger partial charge in [-0.25, -0.2) is 15.0 Å². The van der Waals surface area contributed by atoms with Crippen molar-refractivity contribution in [3.8, 4) is 0 Å². The van der Waals surface area contributed by atoms with Gasteiger partial charge in [0.15, 0.2) is 0 Å². The molecule has 1 aromatic carbocycles. The smallest absolute Gasteiger partial charge is 0.272 e. The highest BCUT2D eigenvalue weighted by molar-refractivity contribution is 5.95. The summed E-state index contributed by atoms with van der Waals surface area (Å²) in [6.07, 6.45) is 0. The fourth-order valence-corrected chi connectivity index (χ4v) is 3.47. The Kier molecular flexibility index (Phi) is 5.06. The molecule has 3 aromatic rings. The summed E-state index contributed by atoms with van der Waals surface area (Å²) < 4.78 is 0. The summed E-state index contributed by atoms with van der Waals surface area (Å²) in [5.74, 6) is 2.47. The molecule has 1 aliphatic heterocycles. The van der Waals surface area contributed by atoms with Gasteiger partial charge in [-0.15, -0.1) is 0 Å². The Bertz CT molecular complexity index is 997. The molecule has 1 N–H and O–H groups in total. The maximum Gasteiger partial charge on any atom is 0.272 e. The average Bonchev–Trinajstić information content (AvgIpc) is 2.73. The van der Waals surface area contributed by atoms with E-state index in [0.29, 0.717) is 18.8 Å². The quantitative estimate of drug-likeness (QED) is 0.755. The number of nitrogens with one attached hydrogen (secondary N) is 1. The third kappa shape index (κ3) is 3.74. The molecule has 28 heavy (non-hydrogen) atoms. The second-order valence-electron chi connectivity index (χ2n) is 6.86. The lowest BCUT2D eigenvalue weighted by atomic mass is 10.2. The van der Waals surface area contributed by atoms with Gasteiger partial charge in [-0.3, -0.25) is 4.79 Å². The molecular formula is C21H24N6O. The van der Waals surface area contributed by atoms with Crippen LogP contribution in [0.15, 0.2) is 42.5 Å². The number of carbonyl (C=O) groups excluding carboxylic acids is 1. The second-order valence-corrected chi connectivity index (χ2v) is 6.86. The minimum absolute atomic E-state index is 0.0161. The fourth-order valence-electron chi connectivity index (χ4n) is 3.47. The summed E-state index contributed by atoms with van der Waals surface area (Å²) in [7, 11) is 0. The molecule has 7 nitrogen and oxygen atoms in total. The molecular weight excluding hydrogens is 352 g/mol. The van der Waals surface area contributed by atoms with Gasteiger partial charge in [0.25, 0.3) is 5.91 Å². The van der Waals surface area contributed by atoms with Gasteiger partial charge in [0, 0.05) is 44.2 Å². The highest BCUT2D eigenvalue weighted by Gasteiger charge is 2.24. The molecule has 0 saturated carbocycles. The molecule has 0 spiro atoms. The first-order valence-electron chi connectivity index (χ1n) is 9.63. The number of para-hydroxylation sites is 1. The molecule has 1 amide bonds. The van der Waals surface area contributed by atoms with Crippen molar-refractivity contribution in [3.63, 3.8) is 0 Å². The SMILES string of the molecule is CCNc1cc(N2CCN(C(=O)c3ccc4ccccc4n3)CC2)nc(C)n1. The molecule has 0 radical (unpaired) electrons. The first-order valence-corrected chi connectivity index (χ1v) is 9.63. The van der Waals surface area contributed by atoms with E-state index in [2.05, 4.69) is 25.2 Å². The number of anilines is 2. The predicted molar refractivity (Wildman–Crippen MR) is 111 cm³/mol. The Hall–Kier alpha value is -3.22. The van der Waals surface area contributed by atoms with Crippen molar-refractivity contribution in [2.24, 2.45) is 0 Å². The maximum atomic E-state index is 12.9. The maximum absolute atomic E-state index is 12.9. The highest BCUT2D eigenvalue weighted by Crippen LogP contribution is 2.19. The van der Waals surface area contributed by atoms with Crippen LogP contribution in [0.4, 0.5) is 11.6 Å². The number of aromatic nitrogens is 3. The number of amides is 1. The first kappa shape index (κ1) is 18.2. The van der Waals surface area contributed by atoms with E-state index in [0.717, 1.165) is 48.0 Å². The van der Waals surface area contributed by atoms with Crippen LogP contribution in [0.3, 0.4) is 0 Å². The lowest BCUT2D eigenvalue weighted by Crippen LogP contribution is -2.49. The van der Waals surface area contributed by atoms with Gasteiger partial charge < -0.3 is 15.1 Å². The van der Waals surface area contributed by atoms with Gasteiger partial charge in [-0.05, 0) is 26.0 Å². The summed E-state index contributed by atoms with van der Waals surface area (Å²) >= 11 is 0. The van der Waals surface area contributed by atoms with Crippen molar-refractivity contribution in [3.05, 3.63) is 54.0 Å². The van der Waals surface area contributed by atoms with E-state index in [1.807, 2.05) is 61.2 Å². The fraction of sp³-hybridized carbons (Fsp3) is 0.333. The number of aryl methyl sites for hydroxylation is 1. The van der Waals surface area contributed by atoms with Gasteiger partial charge >= 0.3 is 0 Å². The molecule has 0 unspecified atom stereocenters. The molecule has 4 rings (SSSR count). The summed E-state index contributed by atoms with van der Waals surface area (Å²) in [6.45, 7) is 7.53. The molecule has 2 aromatic heterocycles. The van der Waals surface area contributed by atoms with Crippen LogP contribution in [-0.4, -0.2) is 58.5 Å². The Morgan fingerprint density at radius 1 is 1.04 bits per heavy atom. The van der Waals surface area contributed by atoms with E-state index in [4.69, 9.17) is 0 Å². The normalized spacial score (nSPS) is 14.4. The van der Waals surface area contributed by atoms with Gasteiger partial charge in [0.05, 0.1) is 5.52 Å². The van der Waals surface area contributed by atoms with Crippen LogP contribution in [0.1, 0.15) is 23.2 Å². The van der Waals surface area contributed by atoms with E-state index in [1.54, 1.807) is 0 Å². The molecule has 144 valence electrons. The lowest BCUT2D eigenvalue weighted by molar-refractivity contribution is 0.0741. The van der Waals surface area contributed by atoms with Crippen molar-refractivity contribution >= 4 is 28.4 Å². The van der Waals surface area contributed by atoms with Gasteiger partial charge in [-0.1, -0.05) is 24.3 Å². The zero-order valence-corrected chi connectivity index (χ0v) is 16.2. The largest absolute Gasteiger partial charge is 0.370 e. The van der Waals surface area contributed by atoms with Crippen LogP contribution in [0, 0.1) is 6.92 Å². The van der Waals surface area contributed by atoms with E-state index < -0.39 is 0 Å². The number of nitrogens with zero attached hydrogens (tertiary/aromatic N) is 5. The predicted octanol–water partition coefficient (Wildman–Crippen LogP) is 2.73. The lowest BCUT2D eigenvalue weighted by Gasteiger charge is -2.35. The summed E-state index contributed by atoms with van der Waals surface area (Å²) in [4.78, 5) is 30.5. The molecule has 0 aliphatic carbocycles. The van der Waals surface area contributed by atoms with Crippen LogP contribution >= 0.6 is 0 Å². The first-order chi connectivity index (χ1) is 13.6. The highest BCUT2D eigenvalue weighted by atomic mass is 16.2. The topological polar surface area (TPSA) is 74.2 Å². The third-order valence-corrected chi connectivity index (χ3v) is 4.89. The van der Waals surface area contributed by atoms with Gasteiger partial charge in [0.1, 0.15) is 23.2 Å². The number of hydrogen-bond donors (Lipinski definition) is 1. The number of hydrogen-bond acceptors (Lipinski definition) is 6. The number of fused-ring (bicyclic) bond motifs is 1. The average molecular weight is 376 g/mol. The van der Waals surface area contributed by atoms with Crippen LogP contribution in [0.2, 0.25) is 0 Å². The monoisotopic (exact) mass is 376 g/mol. The van der Waals surface area contributed by atoms with Gasteiger partial charge in [-0.2, -0.15) is 0 Å². The third-order valence-electron chi connectivity index (χ3n) is 4.89. The zero-order valence-electron chi connectivity index (χ0n) is 16.2. The molecule has 1 fully saturated rings. The summed E-state index contributed by atoms with van der Waals surface area (Å²) in [6, 6.07) is 13.6. The standard InChI is InChI=1S/C21H24N6O/c1-3-22-19-14-20(24-15(2)23-19)26-10-12-27(13-11-26)21(28)18-9-8-16-6-4-5-7-17(16)25-18/h4-9,14H,3,10-13H2,1-2H3,(H,22,23,24).